The zero-order valence-electron chi connectivity index (χ0n) is 10.8. The quantitative estimate of drug-likeness (QED) is 0.864. The molecule has 2 fully saturated rings. The van der Waals surface area contributed by atoms with Crippen LogP contribution in [0.25, 0.3) is 0 Å². The van der Waals surface area contributed by atoms with E-state index in [9.17, 15) is 5.11 Å². The number of aliphatic hydroxyl groups excluding tert-OH is 1. The first-order chi connectivity index (χ1) is 8.78. The van der Waals surface area contributed by atoms with Crippen molar-refractivity contribution in [3.05, 3.63) is 23.4 Å². The molecule has 4 nitrogen and oxygen atoms in total. The van der Waals surface area contributed by atoms with E-state index < -0.39 is 0 Å². The summed E-state index contributed by atoms with van der Waals surface area (Å²) in [6, 6.07) is 4.42. The van der Waals surface area contributed by atoms with Crippen LogP contribution in [0.5, 0.6) is 0 Å². The van der Waals surface area contributed by atoms with E-state index in [4.69, 9.17) is 4.74 Å². The number of pyridine rings is 1. The number of hydrogen-bond acceptors (Lipinski definition) is 4. The Kier molecular flexibility index (Phi) is 3.22. The topological polar surface area (TPSA) is 45.6 Å². The van der Waals surface area contributed by atoms with Gasteiger partial charge in [0.1, 0.15) is 5.82 Å². The van der Waals surface area contributed by atoms with Crippen LogP contribution < -0.4 is 4.90 Å². The highest BCUT2D eigenvalue weighted by molar-refractivity contribution is 5.44. The molecule has 0 radical (unpaired) electrons. The number of ether oxygens (including phenoxy) is 1. The van der Waals surface area contributed by atoms with E-state index in [1.165, 1.54) is 19.3 Å². The Morgan fingerprint density at radius 3 is 3.17 bits per heavy atom. The molecule has 1 aliphatic carbocycles. The van der Waals surface area contributed by atoms with Crippen molar-refractivity contribution in [1.29, 1.82) is 0 Å². The van der Waals surface area contributed by atoms with E-state index in [0.29, 0.717) is 12.1 Å². The van der Waals surface area contributed by atoms with Gasteiger partial charge in [-0.1, -0.05) is 0 Å². The number of anilines is 1. The van der Waals surface area contributed by atoms with Gasteiger partial charge in [-0.05, 0) is 43.9 Å². The second-order valence-electron chi connectivity index (χ2n) is 5.23. The maximum absolute atomic E-state index is 9.30. The van der Waals surface area contributed by atoms with Crippen LogP contribution in [0.2, 0.25) is 0 Å². The molecule has 2 heterocycles. The number of aliphatic hydroxyl groups is 1. The van der Waals surface area contributed by atoms with Gasteiger partial charge in [0.2, 0.25) is 0 Å². The largest absolute Gasteiger partial charge is 0.392 e. The van der Waals surface area contributed by atoms with Gasteiger partial charge in [0.05, 0.1) is 25.4 Å². The van der Waals surface area contributed by atoms with Crippen LogP contribution in [0.15, 0.2) is 12.1 Å². The minimum absolute atomic E-state index is 0.0782. The molecular weight excluding hydrogens is 228 g/mol. The van der Waals surface area contributed by atoms with Crippen molar-refractivity contribution in [2.24, 2.45) is 0 Å². The van der Waals surface area contributed by atoms with Crippen LogP contribution in [0.3, 0.4) is 0 Å². The van der Waals surface area contributed by atoms with Gasteiger partial charge >= 0.3 is 0 Å². The summed E-state index contributed by atoms with van der Waals surface area (Å²) in [7, 11) is 0. The normalized spacial score (nSPS) is 27.3. The third kappa shape index (κ3) is 2.10. The highest BCUT2D eigenvalue weighted by Gasteiger charge is 2.36. The summed E-state index contributed by atoms with van der Waals surface area (Å²) in [5.41, 5.74) is 1.91. The average Bonchev–Trinajstić information content (AvgIpc) is 2.85. The van der Waals surface area contributed by atoms with Crippen molar-refractivity contribution in [3.8, 4) is 0 Å². The van der Waals surface area contributed by atoms with Crippen LogP contribution in [0.1, 0.15) is 30.5 Å². The summed E-state index contributed by atoms with van der Waals surface area (Å²) in [6.45, 7) is 3.75. The number of aryl methyl sites for hydroxylation is 1. The number of fused-ring (bicyclic) bond motifs is 1. The minimum Gasteiger partial charge on any atom is -0.392 e. The fraction of sp³-hybridized carbons (Fsp3) is 0.643. The molecule has 1 aliphatic heterocycles. The molecule has 0 bridgehead atoms. The first kappa shape index (κ1) is 11.9. The predicted octanol–water partition coefficient (Wildman–Crippen LogP) is 1.64. The van der Waals surface area contributed by atoms with Crippen molar-refractivity contribution in [3.63, 3.8) is 0 Å². The molecule has 0 amide bonds. The molecule has 2 aliphatic rings. The molecule has 18 heavy (non-hydrogen) atoms. The molecule has 2 atom stereocenters. The van der Waals surface area contributed by atoms with E-state index in [2.05, 4.69) is 9.88 Å². The van der Waals surface area contributed by atoms with Crippen molar-refractivity contribution in [2.75, 3.05) is 18.1 Å². The van der Waals surface area contributed by atoms with Gasteiger partial charge in [0.15, 0.2) is 0 Å². The number of rotatable bonds is 2. The molecule has 2 unspecified atom stereocenters. The van der Waals surface area contributed by atoms with Crippen molar-refractivity contribution >= 4 is 5.82 Å². The Bertz CT molecular complexity index is 436. The van der Waals surface area contributed by atoms with Crippen molar-refractivity contribution in [2.45, 2.75) is 44.9 Å². The molecule has 1 N–H and O–H groups in total. The average molecular weight is 248 g/mol. The molecular formula is C14H20N2O2. The maximum Gasteiger partial charge on any atom is 0.129 e. The van der Waals surface area contributed by atoms with Gasteiger partial charge in [0.25, 0.3) is 0 Å². The Balaban J connectivity index is 1.90. The lowest BCUT2D eigenvalue weighted by Gasteiger charge is -2.38. The number of hydrogen-bond donors (Lipinski definition) is 1. The standard InChI is InChI=1S/C14H20N2O2/c1-10-7-11(9-17)8-14(15-10)16-5-6-18-13-4-2-3-12(13)16/h7-8,12-13,17H,2-6,9H2,1H3. The van der Waals surface area contributed by atoms with Crippen LogP contribution >= 0.6 is 0 Å². The summed E-state index contributed by atoms with van der Waals surface area (Å²) in [5, 5.41) is 9.30. The van der Waals surface area contributed by atoms with Gasteiger partial charge in [-0.25, -0.2) is 4.98 Å². The second-order valence-corrected chi connectivity index (χ2v) is 5.23. The molecule has 98 valence electrons. The van der Waals surface area contributed by atoms with Gasteiger partial charge in [-0.2, -0.15) is 0 Å². The monoisotopic (exact) mass is 248 g/mol. The molecule has 1 aromatic heterocycles. The third-order valence-corrected chi connectivity index (χ3v) is 3.96. The van der Waals surface area contributed by atoms with Crippen LogP contribution in [-0.2, 0) is 11.3 Å². The molecule has 1 aromatic rings. The molecule has 0 aromatic carbocycles. The molecule has 0 spiro atoms. The van der Waals surface area contributed by atoms with E-state index in [0.717, 1.165) is 30.2 Å². The Morgan fingerprint density at radius 2 is 2.33 bits per heavy atom. The van der Waals surface area contributed by atoms with Gasteiger partial charge in [-0.15, -0.1) is 0 Å². The van der Waals surface area contributed by atoms with Gasteiger partial charge in [-0.3, -0.25) is 0 Å². The zero-order chi connectivity index (χ0) is 12.5. The Labute approximate surface area is 108 Å². The van der Waals surface area contributed by atoms with Crippen LogP contribution in [0.4, 0.5) is 5.82 Å². The van der Waals surface area contributed by atoms with E-state index in [1.54, 1.807) is 0 Å². The van der Waals surface area contributed by atoms with E-state index in [-0.39, 0.29) is 6.61 Å². The van der Waals surface area contributed by atoms with Crippen LogP contribution in [-0.4, -0.2) is 35.4 Å². The predicted molar refractivity (Wildman–Crippen MR) is 69.6 cm³/mol. The molecule has 1 saturated heterocycles. The molecule has 4 heteroatoms. The summed E-state index contributed by atoms with van der Waals surface area (Å²) in [4.78, 5) is 6.99. The number of aromatic nitrogens is 1. The fourth-order valence-corrected chi connectivity index (χ4v) is 3.17. The number of nitrogens with zero attached hydrogens (tertiary/aromatic N) is 2. The SMILES string of the molecule is Cc1cc(CO)cc(N2CCOC3CCCC32)n1. The maximum atomic E-state index is 9.30. The van der Waals surface area contributed by atoms with Crippen molar-refractivity contribution in [1.82, 2.24) is 4.98 Å². The van der Waals surface area contributed by atoms with Gasteiger partial charge < -0.3 is 14.7 Å². The Hall–Kier alpha value is -1.13. The number of morpholine rings is 1. The molecule has 3 rings (SSSR count). The highest BCUT2D eigenvalue weighted by Crippen LogP contribution is 2.32. The Morgan fingerprint density at radius 1 is 1.44 bits per heavy atom. The molecule has 1 saturated carbocycles. The minimum atomic E-state index is 0.0782. The summed E-state index contributed by atoms with van der Waals surface area (Å²) < 4.78 is 5.82. The first-order valence-corrected chi connectivity index (χ1v) is 6.74. The lowest BCUT2D eigenvalue weighted by atomic mass is 10.1. The van der Waals surface area contributed by atoms with Crippen LogP contribution in [0, 0.1) is 6.92 Å². The lowest BCUT2D eigenvalue weighted by Crippen LogP contribution is -2.49. The van der Waals surface area contributed by atoms with E-state index >= 15 is 0 Å². The van der Waals surface area contributed by atoms with Crippen molar-refractivity contribution < 1.29 is 9.84 Å². The first-order valence-electron chi connectivity index (χ1n) is 6.74. The van der Waals surface area contributed by atoms with Gasteiger partial charge in [0, 0.05) is 12.2 Å². The van der Waals surface area contributed by atoms with E-state index in [1.807, 2.05) is 19.1 Å². The summed E-state index contributed by atoms with van der Waals surface area (Å²) in [5.74, 6) is 0.999. The fourth-order valence-electron chi connectivity index (χ4n) is 3.17. The zero-order valence-corrected chi connectivity index (χ0v) is 10.8. The third-order valence-electron chi connectivity index (χ3n) is 3.96. The highest BCUT2D eigenvalue weighted by atomic mass is 16.5. The smallest absolute Gasteiger partial charge is 0.129 e. The lowest BCUT2D eigenvalue weighted by molar-refractivity contribution is 0.0253. The summed E-state index contributed by atoms with van der Waals surface area (Å²) in [6.07, 6.45) is 3.97. The summed E-state index contributed by atoms with van der Waals surface area (Å²) >= 11 is 0. The second kappa shape index (κ2) is 4.86.